The Morgan fingerprint density at radius 2 is 2.00 bits per heavy atom. The molecule has 0 aromatic heterocycles. The maximum atomic E-state index is 10.0. The topological polar surface area (TPSA) is 20.3 Å². The predicted octanol–water partition coefficient (Wildman–Crippen LogP) is -0.452. The van der Waals surface area contributed by atoms with Gasteiger partial charge in [0.15, 0.2) is 10.4 Å². The van der Waals surface area contributed by atoms with E-state index in [0.29, 0.717) is 0 Å². The van der Waals surface area contributed by atoms with Crippen molar-refractivity contribution >= 4 is 16.3 Å². The summed E-state index contributed by atoms with van der Waals surface area (Å²) in [6, 6.07) is 0. The molecule has 1 amide bonds. The number of carbonyl (C=O) groups is 1. The van der Waals surface area contributed by atoms with Crippen LogP contribution in [0.25, 0.3) is 0 Å². The highest BCUT2D eigenvalue weighted by Crippen LogP contribution is 1.68. The molecule has 0 atom stereocenters. The lowest BCUT2D eigenvalue weighted by Gasteiger charge is -2.01. The van der Waals surface area contributed by atoms with Gasteiger partial charge < -0.3 is 4.57 Å². The van der Waals surface area contributed by atoms with E-state index in [1.54, 1.807) is 7.05 Å². The minimum Gasteiger partial charge on any atom is -0.374 e. The Hall–Kier alpha value is -0.313. The van der Waals surface area contributed by atoms with Crippen LogP contribution in [-0.4, -0.2) is 27.9 Å². The quantitative estimate of drug-likeness (QED) is 0.377. The number of nitrogens with zero attached hydrogens (tertiary/aromatic N) is 1. The molecule has 0 saturated carbocycles. The lowest BCUT2D eigenvalue weighted by atomic mass is 10.7. The molecule has 2 nitrogen and oxygen atoms in total. The van der Waals surface area contributed by atoms with Gasteiger partial charge in [-0.25, -0.2) is 0 Å². The van der Waals surface area contributed by atoms with Gasteiger partial charge in [0, 0.05) is 6.92 Å². The summed E-state index contributed by atoms with van der Waals surface area (Å²) in [5, 5.41) is 0. The van der Waals surface area contributed by atoms with Crippen molar-refractivity contribution in [2.45, 2.75) is 6.92 Å². The highest BCUT2D eigenvalue weighted by atomic mass is 28.2. The maximum absolute atomic E-state index is 10.0. The molecule has 6 heavy (non-hydrogen) atoms. The van der Waals surface area contributed by atoms with Crippen LogP contribution in [0.15, 0.2) is 0 Å². The minimum absolute atomic E-state index is 0.00617. The summed E-state index contributed by atoms with van der Waals surface area (Å²) in [5.74, 6) is 0.00617. The first-order chi connectivity index (χ1) is 2.64. The molecule has 0 aliphatic carbocycles. The van der Waals surface area contributed by atoms with Gasteiger partial charge in [-0.3, -0.25) is 4.79 Å². The fraction of sp³-hybridized carbons (Fsp3) is 0.667. The van der Waals surface area contributed by atoms with Crippen molar-refractivity contribution in [2.75, 3.05) is 7.05 Å². The fourth-order valence-electron chi connectivity index (χ4n) is 0. The summed E-state index contributed by atoms with van der Waals surface area (Å²) in [7, 11) is 4.60. The number of hydrogen-bond donors (Lipinski definition) is 0. The van der Waals surface area contributed by atoms with Gasteiger partial charge in [-0.15, -0.1) is 0 Å². The van der Waals surface area contributed by atoms with Gasteiger partial charge >= 0.3 is 0 Å². The first kappa shape index (κ1) is 5.69. The highest BCUT2D eigenvalue weighted by molar-refractivity contribution is 6.13. The molecule has 0 saturated heterocycles. The molecule has 0 bridgehead atoms. The van der Waals surface area contributed by atoms with Crippen LogP contribution >= 0.6 is 0 Å². The lowest BCUT2D eigenvalue weighted by molar-refractivity contribution is -0.123. The zero-order valence-corrected chi connectivity index (χ0v) is 4.86. The largest absolute Gasteiger partial charge is 0.374 e. The van der Waals surface area contributed by atoms with E-state index in [1.807, 2.05) is 0 Å². The second-order valence-electron chi connectivity index (χ2n) is 1.08. The standard InChI is InChI=1S/C3H6NOSi/c1-3(5)4(2)6/h1-2H3. The smallest absolute Gasteiger partial charge is 0.211 e. The molecule has 0 spiro atoms. The number of carbonyl (C=O) groups excluding carboxylic acids is 1. The van der Waals surface area contributed by atoms with Crippen molar-refractivity contribution in [3.8, 4) is 0 Å². The molecule has 0 rings (SSSR count). The molecule has 0 unspecified atom stereocenters. The molecule has 0 N–H and O–H groups in total. The van der Waals surface area contributed by atoms with Crippen molar-refractivity contribution < 1.29 is 4.79 Å². The van der Waals surface area contributed by atoms with Crippen molar-refractivity contribution in [3.05, 3.63) is 0 Å². The van der Waals surface area contributed by atoms with Crippen molar-refractivity contribution in [3.63, 3.8) is 0 Å². The Balaban J connectivity index is 3.26. The van der Waals surface area contributed by atoms with Crippen LogP contribution in [0.4, 0.5) is 0 Å². The van der Waals surface area contributed by atoms with Crippen molar-refractivity contribution in [1.82, 2.24) is 4.57 Å². The van der Waals surface area contributed by atoms with E-state index in [9.17, 15) is 4.79 Å². The fourth-order valence-corrected chi connectivity index (χ4v) is 0. The summed E-state index contributed by atoms with van der Waals surface area (Å²) < 4.78 is 1.33. The van der Waals surface area contributed by atoms with Gasteiger partial charge in [-0.1, -0.05) is 0 Å². The van der Waals surface area contributed by atoms with Crippen LogP contribution in [-0.2, 0) is 4.79 Å². The number of rotatable bonds is 0. The molecule has 0 aliphatic rings. The molecule has 0 aromatic carbocycles. The van der Waals surface area contributed by atoms with Gasteiger partial charge in [0.05, 0.1) is 0 Å². The summed E-state index contributed by atoms with van der Waals surface area (Å²) in [6.45, 7) is 1.48. The van der Waals surface area contributed by atoms with Crippen molar-refractivity contribution in [1.29, 1.82) is 0 Å². The van der Waals surface area contributed by atoms with Gasteiger partial charge in [-0.05, 0) is 7.05 Å². The molecule has 0 heterocycles. The predicted molar refractivity (Wildman–Crippen MR) is 24.2 cm³/mol. The molecular formula is C3H6NOSi. The summed E-state index contributed by atoms with van der Waals surface area (Å²) in [4.78, 5) is 10.0. The van der Waals surface area contributed by atoms with Crippen LogP contribution < -0.4 is 0 Å². The highest BCUT2D eigenvalue weighted by Gasteiger charge is 1.88. The van der Waals surface area contributed by atoms with Gasteiger partial charge in [0.25, 0.3) is 0 Å². The van der Waals surface area contributed by atoms with E-state index in [0.717, 1.165) is 0 Å². The Labute approximate surface area is 40.6 Å². The zero-order chi connectivity index (χ0) is 5.15. The average Bonchev–Trinajstić information content (AvgIpc) is 1.36. The van der Waals surface area contributed by atoms with E-state index in [-0.39, 0.29) is 5.91 Å². The molecular weight excluding hydrogens is 94.1 g/mol. The van der Waals surface area contributed by atoms with Crippen LogP contribution in [0.3, 0.4) is 0 Å². The summed E-state index contributed by atoms with van der Waals surface area (Å²) >= 11 is 0. The Bertz CT molecular complexity index is 61.8. The maximum Gasteiger partial charge on any atom is 0.211 e. The van der Waals surface area contributed by atoms with Crippen LogP contribution in [0.5, 0.6) is 0 Å². The van der Waals surface area contributed by atoms with E-state index in [4.69, 9.17) is 0 Å². The molecule has 0 aromatic rings. The lowest BCUT2D eigenvalue weighted by Crippen LogP contribution is -2.19. The third-order valence-electron chi connectivity index (χ3n) is 0.472. The summed E-state index contributed by atoms with van der Waals surface area (Å²) in [5.41, 5.74) is 0. The minimum atomic E-state index is 0.00617. The van der Waals surface area contributed by atoms with Crippen LogP contribution in [0.2, 0.25) is 0 Å². The molecule has 3 radical (unpaired) electrons. The van der Waals surface area contributed by atoms with E-state index < -0.39 is 0 Å². The molecule has 0 fully saturated rings. The Morgan fingerprint density at radius 1 is 1.83 bits per heavy atom. The van der Waals surface area contributed by atoms with Crippen LogP contribution in [0.1, 0.15) is 6.92 Å². The van der Waals surface area contributed by atoms with E-state index in [2.05, 4.69) is 10.4 Å². The Kier molecular flexibility index (Phi) is 1.87. The van der Waals surface area contributed by atoms with Crippen molar-refractivity contribution in [2.24, 2.45) is 0 Å². The second-order valence-corrected chi connectivity index (χ2v) is 1.75. The third-order valence-corrected chi connectivity index (χ3v) is 0.787. The zero-order valence-electron chi connectivity index (χ0n) is 3.86. The molecule has 33 valence electrons. The Morgan fingerprint density at radius 3 is 2.00 bits per heavy atom. The molecule has 3 heteroatoms. The third kappa shape index (κ3) is 1.96. The van der Waals surface area contributed by atoms with Gasteiger partial charge in [0.1, 0.15) is 0 Å². The monoisotopic (exact) mass is 100 g/mol. The SMILES string of the molecule is CC(=O)N(C)[Si]. The number of amides is 1. The van der Waals surface area contributed by atoms with Gasteiger partial charge in [0.2, 0.25) is 5.91 Å². The summed E-state index contributed by atoms with van der Waals surface area (Å²) in [6.07, 6.45) is 0. The first-order valence-corrected chi connectivity index (χ1v) is 2.05. The van der Waals surface area contributed by atoms with Gasteiger partial charge in [-0.2, -0.15) is 0 Å². The normalized spacial score (nSPS) is 7.83. The first-order valence-electron chi connectivity index (χ1n) is 1.60. The molecule has 0 aliphatic heterocycles. The van der Waals surface area contributed by atoms with E-state index in [1.165, 1.54) is 11.5 Å². The number of hydrogen-bond acceptors (Lipinski definition) is 1. The average molecular weight is 100 g/mol. The second kappa shape index (κ2) is 1.97. The van der Waals surface area contributed by atoms with E-state index >= 15 is 0 Å². The van der Waals surface area contributed by atoms with Crippen LogP contribution in [0, 0.1) is 0 Å².